The van der Waals surface area contributed by atoms with Crippen LogP contribution in [0.4, 0.5) is 0 Å². The summed E-state index contributed by atoms with van der Waals surface area (Å²) in [5.41, 5.74) is 1.27. The van der Waals surface area contributed by atoms with E-state index >= 15 is 0 Å². The van der Waals surface area contributed by atoms with E-state index in [9.17, 15) is 0 Å². The monoisotopic (exact) mass is 275 g/mol. The molecule has 0 heterocycles. The van der Waals surface area contributed by atoms with E-state index in [2.05, 4.69) is 44.3 Å². The van der Waals surface area contributed by atoms with Crippen molar-refractivity contribution in [1.82, 2.24) is 5.32 Å². The molecule has 0 radical (unpaired) electrons. The van der Waals surface area contributed by atoms with Gasteiger partial charge in [-0.2, -0.15) is 0 Å². The molecule has 2 nitrogen and oxygen atoms in total. The van der Waals surface area contributed by atoms with Crippen LogP contribution in [0.1, 0.15) is 58.4 Å². The molecule has 1 aromatic rings. The summed E-state index contributed by atoms with van der Waals surface area (Å²) in [6.07, 6.45) is 7.24. The Hall–Kier alpha value is -1.02. The van der Waals surface area contributed by atoms with Crippen molar-refractivity contribution in [2.45, 2.75) is 71.6 Å². The highest BCUT2D eigenvalue weighted by molar-refractivity contribution is 5.33. The zero-order chi connectivity index (χ0) is 14.4. The van der Waals surface area contributed by atoms with Crippen LogP contribution in [0.5, 0.6) is 5.75 Å². The second-order valence-electron chi connectivity index (χ2n) is 6.34. The van der Waals surface area contributed by atoms with Gasteiger partial charge >= 0.3 is 0 Å². The molecule has 1 aromatic carbocycles. The molecule has 2 heteroatoms. The van der Waals surface area contributed by atoms with E-state index in [1.165, 1.54) is 37.7 Å². The quantitative estimate of drug-likeness (QED) is 0.823. The van der Waals surface area contributed by atoms with Gasteiger partial charge in [-0.1, -0.05) is 37.5 Å². The molecule has 0 spiro atoms. The summed E-state index contributed by atoms with van der Waals surface area (Å²) < 4.78 is 5.88. The zero-order valence-corrected chi connectivity index (χ0v) is 13.2. The molecule has 1 saturated carbocycles. The lowest BCUT2D eigenvalue weighted by atomic mass is 9.84. The number of para-hydroxylation sites is 1. The van der Waals surface area contributed by atoms with E-state index in [-0.39, 0.29) is 6.10 Å². The van der Waals surface area contributed by atoms with Crippen LogP contribution in [0.2, 0.25) is 0 Å². The normalized spacial score (nSPS) is 18.2. The van der Waals surface area contributed by atoms with Crippen LogP contribution in [0, 0.1) is 5.92 Å². The van der Waals surface area contributed by atoms with Crippen LogP contribution in [0.3, 0.4) is 0 Å². The first kappa shape index (κ1) is 15.4. The van der Waals surface area contributed by atoms with Gasteiger partial charge in [-0.05, 0) is 45.6 Å². The molecule has 1 fully saturated rings. The number of rotatable bonds is 6. The summed E-state index contributed by atoms with van der Waals surface area (Å²) in [6, 6.07) is 8.98. The van der Waals surface area contributed by atoms with Crippen LogP contribution in [-0.2, 0) is 6.54 Å². The summed E-state index contributed by atoms with van der Waals surface area (Å²) in [7, 11) is 0. The fourth-order valence-corrected chi connectivity index (χ4v) is 3.09. The van der Waals surface area contributed by atoms with Gasteiger partial charge in [0.2, 0.25) is 0 Å². The molecule has 2 rings (SSSR count). The van der Waals surface area contributed by atoms with Crippen LogP contribution in [-0.4, -0.2) is 12.1 Å². The molecule has 0 amide bonds. The van der Waals surface area contributed by atoms with Crippen molar-refractivity contribution < 1.29 is 4.74 Å². The lowest BCUT2D eigenvalue weighted by Crippen LogP contribution is -2.34. The van der Waals surface area contributed by atoms with Crippen LogP contribution < -0.4 is 10.1 Å². The Morgan fingerprint density at radius 2 is 1.80 bits per heavy atom. The van der Waals surface area contributed by atoms with E-state index in [4.69, 9.17) is 4.74 Å². The predicted octanol–water partition coefficient (Wildman–Crippen LogP) is 4.53. The SMILES string of the molecule is CC(C)Oc1ccccc1CNC(C)C1CCCCC1. The van der Waals surface area contributed by atoms with E-state index in [0.717, 1.165) is 18.2 Å². The van der Waals surface area contributed by atoms with E-state index in [0.29, 0.717) is 6.04 Å². The minimum Gasteiger partial charge on any atom is -0.491 e. The summed E-state index contributed by atoms with van der Waals surface area (Å²) in [5.74, 6) is 1.87. The molecule has 1 unspecified atom stereocenters. The number of hydrogen-bond donors (Lipinski definition) is 1. The summed E-state index contributed by atoms with van der Waals surface area (Å²) in [6.45, 7) is 7.40. The number of nitrogens with one attached hydrogen (secondary N) is 1. The Kier molecular flexibility index (Phi) is 5.90. The van der Waals surface area contributed by atoms with Gasteiger partial charge in [0.1, 0.15) is 5.75 Å². The minimum absolute atomic E-state index is 0.229. The standard InChI is InChI=1S/C18H29NO/c1-14(2)20-18-12-8-7-11-17(18)13-19-15(3)16-9-5-4-6-10-16/h7-8,11-12,14-16,19H,4-6,9-10,13H2,1-3H3. The summed E-state index contributed by atoms with van der Waals surface area (Å²) >= 11 is 0. The second kappa shape index (κ2) is 7.68. The first-order chi connectivity index (χ1) is 9.66. The average Bonchev–Trinajstić information content (AvgIpc) is 2.46. The number of ether oxygens (including phenoxy) is 1. The van der Waals surface area contributed by atoms with E-state index in [1.54, 1.807) is 0 Å². The lowest BCUT2D eigenvalue weighted by molar-refractivity contribution is 0.237. The van der Waals surface area contributed by atoms with Crippen molar-refractivity contribution in [1.29, 1.82) is 0 Å². The summed E-state index contributed by atoms with van der Waals surface area (Å²) in [4.78, 5) is 0. The molecule has 20 heavy (non-hydrogen) atoms. The third-order valence-electron chi connectivity index (χ3n) is 4.31. The average molecular weight is 275 g/mol. The lowest BCUT2D eigenvalue weighted by Gasteiger charge is -2.28. The Morgan fingerprint density at radius 3 is 2.50 bits per heavy atom. The zero-order valence-electron chi connectivity index (χ0n) is 13.2. The van der Waals surface area contributed by atoms with Crippen LogP contribution in [0.25, 0.3) is 0 Å². The van der Waals surface area contributed by atoms with Crippen molar-refractivity contribution in [2.75, 3.05) is 0 Å². The molecule has 0 aliphatic heterocycles. The minimum atomic E-state index is 0.229. The van der Waals surface area contributed by atoms with Crippen molar-refractivity contribution in [3.63, 3.8) is 0 Å². The largest absolute Gasteiger partial charge is 0.491 e. The van der Waals surface area contributed by atoms with Gasteiger partial charge in [0.25, 0.3) is 0 Å². The molecule has 1 N–H and O–H groups in total. The summed E-state index contributed by atoms with van der Waals surface area (Å²) in [5, 5.41) is 3.70. The van der Waals surface area contributed by atoms with Crippen molar-refractivity contribution >= 4 is 0 Å². The van der Waals surface area contributed by atoms with Crippen LogP contribution in [0.15, 0.2) is 24.3 Å². The van der Waals surface area contributed by atoms with Crippen molar-refractivity contribution in [3.05, 3.63) is 29.8 Å². The maximum atomic E-state index is 5.88. The fraction of sp³-hybridized carbons (Fsp3) is 0.667. The molecular formula is C18H29NO. The highest BCUT2D eigenvalue weighted by atomic mass is 16.5. The molecule has 0 aromatic heterocycles. The first-order valence-corrected chi connectivity index (χ1v) is 8.14. The van der Waals surface area contributed by atoms with E-state index in [1.807, 2.05) is 6.07 Å². The third kappa shape index (κ3) is 4.52. The number of benzene rings is 1. The molecule has 1 atom stereocenters. The highest BCUT2D eigenvalue weighted by Gasteiger charge is 2.19. The van der Waals surface area contributed by atoms with Gasteiger partial charge in [-0.3, -0.25) is 0 Å². The van der Waals surface area contributed by atoms with Crippen molar-refractivity contribution in [2.24, 2.45) is 5.92 Å². The topological polar surface area (TPSA) is 21.3 Å². The molecule has 0 saturated heterocycles. The first-order valence-electron chi connectivity index (χ1n) is 8.14. The Balaban J connectivity index is 1.89. The maximum Gasteiger partial charge on any atom is 0.124 e. The predicted molar refractivity (Wildman–Crippen MR) is 85.1 cm³/mol. The van der Waals surface area contributed by atoms with Crippen molar-refractivity contribution in [3.8, 4) is 5.75 Å². The molecule has 1 aliphatic rings. The Bertz CT molecular complexity index is 396. The molecule has 1 aliphatic carbocycles. The van der Waals surface area contributed by atoms with Gasteiger partial charge in [0.15, 0.2) is 0 Å². The Morgan fingerprint density at radius 1 is 1.10 bits per heavy atom. The smallest absolute Gasteiger partial charge is 0.124 e. The second-order valence-corrected chi connectivity index (χ2v) is 6.34. The highest BCUT2D eigenvalue weighted by Crippen LogP contribution is 2.27. The fourth-order valence-electron chi connectivity index (χ4n) is 3.09. The third-order valence-corrected chi connectivity index (χ3v) is 4.31. The Labute approximate surface area is 123 Å². The maximum absolute atomic E-state index is 5.88. The number of hydrogen-bond acceptors (Lipinski definition) is 2. The van der Waals surface area contributed by atoms with Crippen LogP contribution >= 0.6 is 0 Å². The van der Waals surface area contributed by atoms with E-state index < -0.39 is 0 Å². The molecule has 0 bridgehead atoms. The van der Waals surface area contributed by atoms with Gasteiger partial charge in [0.05, 0.1) is 6.10 Å². The van der Waals surface area contributed by atoms with Gasteiger partial charge in [-0.25, -0.2) is 0 Å². The van der Waals surface area contributed by atoms with Gasteiger partial charge in [-0.15, -0.1) is 0 Å². The molecular weight excluding hydrogens is 246 g/mol. The molecule has 112 valence electrons. The van der Waals surface area contributed by atoms with Gasteiger partial charge < -0.3 is 10.1 Å². The van der Waals surface area contributed by atoms with Gasteiger partial charge in [0, 0.05) is 18.2 Å².